The average molecular weight is 311 g/mol. The van der Waals surface area contributed by atoms with E-state index in [1.54, 1.807) is 29.4 Å². The fourth-order valence-electron chi connectivity index (χ4n) is 2.15. The highest BCUT2D eigenvalue weighted by atomic mass is 79.9. The van der Waals surface area contributed by atoms with E-state index in [1.807, 2.05) is 0 Å². The zero-order valence-electron chi connectivity index (χ0n) is 9.32. The third-order valence-corrected chi connectivity index (χ3v) is 3.64. The molecule has 0 spiro atoms. The van der Waals surface area contributed by atoms with Crippen LogP contribution in [0.25, 0.3) is 0 Å². The van der Waals surface area contributed by atoms with Crippen molar-refractivity contribution in [1.29, 1.82) is 0 Å². The summed E-state index contributed by atoms with van der Waals surface area (Å²) in [5.74, 6) is 0.672. The van der Waals surface area contributed by atoms with Gasteiger partial charge in [-0.1, -0.05) is 0 Å². The van der Waals surface area contributed by atoms with Crippen molar-refractivity contribution in [2.45, 2.75) is 12.1 Å². The minimum absolute atomic E-state index is 0.0922. The molecule has 2 aromatic rings. The molecule has 94 valence electrons. The van der Waals surface area contributed by atoms with Gasteiger partial charge in [0.1, 0.15) is 24.2 Å². The molecule has 6 heteroatoms. The predicted octanol–water partition coefficient (Wildman–Crippen LogP) is 2.02. The molecule has 1 aromatic carbocycles. The Kier molecular flexibility index (Phi) is 2.76. The van der Waals surface area contributed by atoms with Gasteiger partial charge in [-0.05, 0) is 28.1 Å². The summed E-state index contributed by atoms with van der Waals surface area (Å²) in [5.41, 5.74) is 0.576. The number of aliphatic hydroxyl groups is 1. The second-order valence-electron chi connectivity index (χ2n) is 4.18. The monoisotopic (exact) mass is 310 g/mol. The molecular weight excluding hydrogens is 300 g/mol. The summed E-state index contributed by atoms with van der Waals surface area (Å²) in [6.45, 7) is 0.355. The van der Waals surface area contributed by atoms with Crippen molar-refractivity contribution in [1.82, 2.24) is 9.55 Å². The van der Waals surface area contributed by atoms with Crippen molar-refractivity contribution in [2.24, 2.45) is 0 Å². The maximum Gasteiger partial charge on any atom is 0.139 e. The second kappa shape index (κ2) is 4.29. The lowest BCUT2D eigenvalue weighted by molar-refractivity contribution is 0.0561. The number of nitrogens with zero attached hydrogens (tertiary/aromatic N) is 2. The van der Waals surface area contributed by atoms with Crippen LogP contribution in [0.1, 0.15) is 17.7 Å². The lowest BCUT2D eigenvalue weighted by atomic mass is 9.99. The molecule has 0 fully saturated rings. The number of rotatable bonds is 1. The van der Waals surface area contributed by atoms with E-state index < -0.39 is 6.10 Å². The Balaban J connectivity index is 2.04. The number of hydrogen-bond acceptors (Lipinski definition) is 4. The summed E-state index contributed by atoms with van der Waals surface area (Å²) in [4.78, 5) is 3.96. The number of imidazole rings is 1. The zero-order chi connectivity index (χ0) is 12.7. The van der Waals surface area contributed by atoms with E-state index in [4.69, 9.17) is 4.74 Å². The van der Waals surface area contributed by atoms with Crippen LogP contribution in [-0.2, 0) is 0 Å². The fourth-order valence-corrected chi connectivity index (χ4v) is 2.73. The van der Waals surface area contributed by atoms with Gasteiger partial charge in [0.25, 0.3) is 0 Å². The van der Waals surface area contributed by atoms with Crippen molar-refractivity contribution >= 4 is 15.9 Å². The Morgan fingerprint density at radius 3 is 3.00 bits per heavy atom. The van der Waals surface area contributed by atoms with Crippen LogP contribution in [0.5, 0.6) is 11.5 Å². The molecule has 3 rings (SSSR count). The van der Waals surface area contributed by atoms with E-state index in [0.717, 1.165) is 0 Å². The molecule has 2 heterocycles. The lowest BCUT2D eigenvalue weighted by Crippen LogP contribution is -2.28. The number of ether oxygens (including phenoxy) is 1. The van der Waals surface area contributed by atoms with Crippen LogP contribution < -0.4 is 4.74 Å². The van der Waals surface area contributed by atoms with Crippen LogP contribution >= 0.6 is 15.9 Å². The zero-order valence-corrected chi connectivity index (χ0v) is 10.9. The van der Waals surface area contributed by atoms with E-state index in [-0.39, 0.29) is 11.8 Å². The van der Waals surface area contributed by atoms with Gasteiger partial charge in [-0.25, -0.2) is 4.98 Å². The Hall–Kier alpha value is -1.53. The van der Waals surface area contributed by atoms with Crippen LogP contribution in [0.3, 0.4) is 0 Å². The van der Waals surface area contributed by atoms with Gasteiger partial charge in [0.2, 0.25) is 0 Å². The normalized spacial score (nSPS) is 22.3. The van der Waals surface area contributed by atoms with Gasteiger partial charge in [-0.2, -0.15) is 0 Å². The highest BCUT2D eigenvalue weighted by Gasteiger charge is 2.32. The summed E-state index contributed by atoms with van der Waals surface area (Å²) in [6.07, 6.45) is 4.33. The molecule has 2 N–H and O–H groups in total. The number of aromatic hydroxyl groups is 1. The Bertz CT molecular complexity index is 571. The Labute approximate surface area is 112 Å². The van der Waals surface area contributed by atoms with Crippen molar-refractivity contribution in [3.63, 3.8) is 0 Å². The number of fused-ring (bicyclic) bond motifs is 1. The number of aromatic nitrogens is 2. The maximum absolute atomic E-state index is 10.4. The van der Waals surface area contributed by atoms with E-state index in [9.17, 15) is 10.2 Å². The molecule has 1 aromatic heterocycles. The first-order chi connectivity index (χ1) is 8.66. The van der Waals surface area contributed by atoms with Gasteiger partial charge in [0, 0.05) is 18.0 Å². The first-order valence-corrected chi connectivity index (χ1v) is 6.27. The van der Waals surface area contributed by atoms with Gasteiger partial charge in [0.05, 0.1) is 16.8 Å². The molecule has 1 aliphatic heterocycles. The summed E-state index contributed by atoms with van der Waals surface area (Å²) in [7, 11) is 0. The molecule has 1 aliphatic rings. The van der Waals surface area contributed by atoms with E-state index in [0.29, 0.717) is 22.4 Å². The van der Waals surface area contributed by atoms with Crippen LogP contribution in [0.15, 0.2) is 35.3 Å². The highest BCUT2D eigenvalue weighted by Crippen LogP contribution is 2.43. The van der Waals surface area contributed by atoms with Crippen molar-refractivity contribution < 1.29 is 14.9 Å². The van der Waals surface area contributed by atoms with Gasteiger partial charge in [0.15, 0.2) is 0 Å². The van der Waals surface area contributed by atoms with Crippen LogP contribution in [-0.4, -0.2) is 26.4 Å². The third kappa shape index (κ3) is 1.77. The van der Waals surface area contributed by atoms with Gasteiger partial charge in [-0.15, -0.1) is 0 Å². The first kappa shape index (κ1) is 11.6. The molecule has 0 aliphatic carbocycles. The fraction of sp³-hybridized carbons (Fsp3) is 0.250. The van der Waals surface area contributed by atoms with Crippen molar-refractivity contribution in [2.75, 3.05) is 6.61 Å². The highest BCUT2D eigenvalue weighted by molar-refractivity contribution is 9.10. The van der Waals surface area contributed by atoms with E-state index >= 15 is 0 Å². The van der Waals surface area contributed by atoms with Gasteiger partial charge < -0.3 is 19.5 Å². The Morgan fingerprint density at radius 2 is 2.28 bits per heavy atom. The third-order valence-electron chi connectivity index (χ3n) is 3.05. The molecule has 0 amide bonds. The molecule has 18 heavy (non-hydrogen) atoms. The molecule has 0 radical (unpaired) electrons. The second-order valence-corrected chi connectivity index (χ2v) is 5.03. The lowest BCUT2D eigenvalue weighted by Gasteiger charge is -2.31. The van der Waals surface area contributed by atoms with E-state index in [2.05, 4.69) is 20.9 Å². The Morgan fingerprint density at radius 1 is 1.44 bits per heavy atom. The van der Waals surface area contributed by atoms with Crippen LogP contribution in [0.2, 0.25) is 0 Å². The molecule has 0 bridgehead atoms. The smallest absolute Gasteiger partial charge is 0.139 e. The van der Waals surface area contributed by atoms with Crippen LogP contribution in [0.4, 0.5) is 0 Å². The number of phenolic OH excluding ortho intramolecular Hbond substituents is 1. The van der Waals surface area contributed by atoms with E-state index in [1.165, 1.54) is 6.07 Å². The quantitative estimate of drug-likeness (QED) is 0.845. The minimum atomic E-state index is -0.744. The molecule has 2 unspecified atom stereocenters. The van der Waals surface area contributed by atoms with Gasteiger partial charge in [-0.3, -0.25) is 0 Å². The molecule has 5 nitrogen and oxygen atoms in total. The minimum Gasteiger partial charge on any atom is -0.508 e. The number of aliphatic hydroxyl groups excluding tert-OH is 1. The van der Waals surface area contributed by atoms with Crippen LogP contribution in [0, 0.1) is 0 Å². The number of phenols is 1. The first-order valence-electron chi connectivity index (χ1n) is 5.47. The summed E-state index contributed by atoms with van der Waals surface area (Å²) in [6, 6.07) is 2.82. The molecular formula is C12H11BrN2O3. The average Bonchev–Trinajstić information content (AvgIpc) is 2.84. The summed E-state index contributed by atoms with van der Waals surface area (Å²) >= 11 is 3.31. The topological polar surface area (TPSA) is 67.5 Å². The standard InChI is InChI=1S/C12H11BrN2O3/c13-9-4-7(16)3-8-11(17)10(5-18-12(8)9)15-2-1-14-6-15/h1-4,6,10-11,16-17H,5H2. The maximum atomic E-state index is 10.4. The predicted molar refractivity (Wildman–Crippen MR) is 67.5 cm³/mol. The summed E-state index contributed by atoms with van der Waals surface area (Å²) in [5, 5.41) is 20.0. The van der Waals surface area contributed by atoms with Gasteiger partial charge >= 0.3 is 0 Å². The largest absolute Gasteiger partial charge is 0.508 e. The number of benzene rings is 1. The van der Waals surface area contributed by atoms with Crippen molar-refractivity contribution in [3.8, 4) is 11.5 Å². The molecule has 0 saturated heterocycles. The number of hydrogen-bond donors (Lipinski definition) is 2. The van der Waals surface area contributed by atoms with Crippen molar-refractivity contribution in [3.05, 3.63) is 40.9 Å². The summed E-state index contributed by atoms with van der Waals surface area (Å²) < 4.78 is 8.09. The molecule has 0 saturated carbocycles. The molecule has 2 atom stereocenters. The SMILES string of the molecule is Oc1cc(Br)c2c(c1)C(O)C(n1ccnc1)CO2. The number of halogens is 1.